The molecule has 1 aromatic carbocycles. The van der Waals surface area contributed by atoms with E-state index >= 15 is 0 Å². The number of hydrogen-bond donors (Lipinski definition) is 2. The van der Waals surface area contributed by atoms with Gasteiger partial charge in [0.2, 0.25) is 0 Å². The van der Waals surface area contributed by atoms with Crippen LogP contribution in [0.5, 0.6) is 5.75 Å². The number of benzene rings is 1. The van der Waals surface area contributed by atoms with E-state index < -0.39 is 11.6 Å². The van der Waals surface area contributed by atoms with Crippen molar-refractivity contribution in [2.24, 2.45) is 4.99 Å². The Hall–Kier alpha value is -2.11. The first kappa shape index (κ1) is 15.9. The summed E-state index contributed by atoms with van der Waals surface area (Å²) in [4.78, 5) is 4.26. The second kappa shape index (κ2) is 8.90. The zero-order valence-electron chi connectivity index (χ0n) is 11.5. The highest BCUT2D eigenvalue weighted by Gasteiger charge is 2.02. The molecule has 0 spiro atoms. The van der Waals surface area contributed by atoms with Crippen molar-refractivity contribution in [1.29, 1.82) is 0 Å². The third-order valence-electron chi connectivity index (χ3n) is 2.28. The van der Waals surface area contributed by atoms with E-state index in [1.165, 1.54) is 6.07 Å². The number of aliphatic imine (C=N–C) groups is 1. The molecule has 0 bridgehead atoms. The first-order chi connectivity index (χ1) is 9.67. The SMILES string of the molecule is C=CCNC(=NCCOc1ccc(F)c(F)c1)NCC. The van der Waals surface area contributed by atoms with Crippen LogP contribution < -0.4 is 15.4 Å². The molecular formula is C14H19F2N3O. The third-order valence-corrected chi connectivity index (χ3v) is 2.28. The molecule has 0 radical (unpaired) electrons. The Kier molecular flexibility index (Phi) is 7.10. The van der Waals surface area contributed by atoms with E-state index in [1.54, 1.807) is 6.08 Å². The number of nitrogens with one attached hydrogen (secondary N) is 2. The molecule has 20 heavy (non-hydrogen) atoms. The maximum atomic E-state index is 12.9. The number of halogens is 2. The summed E-state index contributed by atoms with van der Waals surface area (Å²) in [6.07, 6.45) is 1.73. The Bertz CT molecular complexity index is 464. The van der Waals surface area contributed by atoms with Crippen molar-refractivity contribution in [2.75, 3.05) is 26.2 Å². The molecule has 0 aromatic heterocycles. The van der Waals surface area contributed by atoms with Gasteiger partial charge in [-0.2, -0.15) is 0 Å². The van der Waals surface area contributed by atoms with E-state index in [4.69, 9.17) is 4.74 Å². The van der Waals surface area contributed by atoms with Crippen LogP contribution in [0, 0.1) is 11.6 Å². The van der Waals surface area contributed by atoms with Crippen LogP contribution in [0.3, 0.4) is 0 Å². The molecule has 110 valence electrons. The lowest BCUT2D eigenvalue weighted by Crippen LogP contribution is -2.37. The molecule has 2 N–H and O–H groups in total. The first-order valence-electron chi connectivity index (χ1n) is 6.38. The van der Waals surface area contributed by atoms with Gasteiger partial charge in [-0.25, -0.2) is 13.8 Å². The van der Waals surface area contributed by atoms with Crippen molar-refractivity contribution in [3.63, 3.8) is 0 Å². The second-order valence-corrected chi connectivity index (χ2v) is 3.85. The van der Waals surface area contributed by atoms with Gasteiger partial charge in [0, 0.05) is 19.2 Å². The molecule has 0 saturated heterocycles. The fraction of sp³-hybridized carbons (Fsp3) is 0.357. The van der Waals surface area contributed by atoms with E-state index in [1.807, 2.05) is 6.92 Å². The minimum Gasteiger partial charge on any atom is -0.492 e. The monoisotopic (exact) mass is 283 g/mol. The van der Waals surface area contributed by atoms with Gasteiger partial charge < -0.3 is 15.4 Å². The van der Waals surface area contributed by atoms with Crippen LogP contribution in [-0.4, -0.2) is 32.2 Å². The number of ether oxygens (including phenoxy) is 1. The van der Waals surface area contributed by atoms with Gasteiger partial charge in [0.25, 0.3) is 0 Å². The van der Waals surface area contributed by atoms with E-state index in [-0.39, 0.29) is 12.4 Å². The molecule has 0 aliphatic carbocycles. The summed E-state index contributed by atoms with van der Waals surface area (Å²) in [7, 11) is 0. The van der Waals surface area contributed by atoms with Crippen molar-refractivity contribution >= 4 is 5.96 Å². The van der Waals surface area contributed by atoms with E-state index in [2.05, 4.69) is 22.2 Å². The second-order valence-electron chi connectivity index (χ2n) is 3.85. The summed E-state index contributed by atoms with van der Waals surface area (Å²) in [5.41, 5.74) is 0. The average Bonchev–Trinajstić information content (AvgIpc) is 2.44. The molecule has 4 nitrogen and oxygen atoms in total. The van der Waals surface area contributed by atoms with Crippen LogP contribution in [0.15, 0.2) is 35.8 Å². The molecule has 0 unspecified atom stereocenters. The van der Waals surface area contributed by atoms with Gasteiger partial charge >= 0.3 is 0 Å². The largest absolute Gasteiger partial charge is 0.492 e. The maximum Gasteiger partial charge on any atom is 0.191 e. The van der Waals surface area contributed by atoms with Gasteiger partial charge in [0.15, 0.2) is 17.6 Å². The Morgan fingerprint density at radius 2 is 2.15 bits per heavy atom. The number of rotatable bonds is 7. The van der Waals surface area contributed by atoms with Crippen LogP contribution in [0.4, 0.5) is 8.78 Å². The van der Waals surface area contributed by atoms with Gasteiger partial charge in [0.1, 0.15) is 12.4 Å². The minimum absolute atomic E-state index is 0.274. The number of guanidine groups is 1. The van der Waals surface area contributed by atoms with E-state index in [0.717, 1.165) is 18.7 Å². The molecule has 0 aliphatic heterocycles. The van der Waals surface area contributed by atoms with Crippen LogP contribution in [0.1, 0.15) is 6.92 Å². The van der Waals surface area contributed by atoms with Crippen LogP contribution in [0.2, 0.25) is 0 Å². The minimum atomic E-state index is -0.924. The Morgan fingerprint density at radius 3 is 2.80 bits per heavy atom. The van der Waals surface area contributed by atoms with E-state index in [0.29, 0.717) is 19.0 Å². The summed E-state index contributed by atoms with van der Waals surface area (Å²) < 4.78 is 30.9. The number of nitrogens with zero attached hydrogens (tertiary/aromatic N) is 1. The van der Waals surface area contributed by atoms with Crippen LogP contribution in [-0.2, 0) is 0 Å². The molecule has 0 amide bonds. The summed E-state index contributed by atoms with van der Waals surface area (Å²) in [6.45, 7) is 7.59. The topological polar surface area (TPSA) is 45.7 Å². The highest BCUT2D eigenvalue weighted by atomic mass is 19.2. The maximum absolute atomic E-state index is 12.9. The summed E-state index contributed by atoms with van der Waals surface area (Å²) >= 11 is 0. The predicted octanol–water partition coefficient (Wildman–Crippen LogP) is 2.08. The van der Waals surface area contributed by atoms with Crippen molar-refractivity contribution < 1.29 is 13.5 Å². The third kappa shape index (κ3) is 5.69. The lowest BCUT2D eigenvalue weighted by atomic mass is 10.3. The predicted molar refractivity (Wildman–Crippen MR) is 76.0 cm³/mol. The van der Waals surface area contributed by atoms with Gasteiger partial charge in [0.05, 0.1) is 6.54 Å². The van der Waals surface area contributed by atoms with Gasteiger partial charge in [-0.15, -0.1) is 6.58 Å². The normalized spacial score (nSPS) is 11.1. The summed E-state index contributed by atoms with van der Waals surface area (Å²) in [5.74, 6) is -0.880. The fourth-order valence-electron chi connectivity index (χ4n) is 1.40. The zero-order valence-corrected chi connectivity index (χ0v) is 11.5. The van der Waals surface area contributed by atoms with Gasteiger partial charge in [-0.05, 0) is 19.1 Å². The molecular weight excluding hydrogens is 264 g/mol. The Balaban J connectivity index is 2.41. The summed E-state index contributed by atoms with van der Waals surface area (Å²) in [6, 6.07) is 3.42. The van der Waals surface area contributed by atoms with Gasteiger partial charge in [-0.3, -0.25) is 0 Å². The molecule has 0 saturated carbocycles. The first-order valence-corrected chi connectivity index (χ1v) is 6.38. The fourth-order valence-corrected chi connectivity index (χ4v) is 1.40. The molecule has 1 rings (SSSR count). The molecule has 6 heteroatoms. The number of hydrogen-bond acceptors (Lipinski definition) is 2. The Morgan fingerprint density at radius 1 is 1.35 bits per heavy atom. The highest BCUT2D eigenvalue weighted by Crippen LogP contribution is 2.14. The van der Waals surface area contributed by atoms with Gasteiger partial charge in [-0.1, -0.05) is 6.08 Å². The summed E-state index contributed by atoms with van der Waals surface area (Å²) in [5, 5.41) is 6.10. The molecule has 1 aromatic rings. The highest BCUT2D eigenvalue weighted by molar-refractivity contribution is 5.79. The van der Waals surface area contributed by atoms with Crippen molar-refractivity contribution in [3.05, 3.63) is 42.5 Å². The van der Waals surface area contributed by atoms with Crippen molar-refractivity contribution in [1.82, 2.24) is 10.6 Å². The van der Waals surface area contributed by atoms with Crippen LogP contribution >= 0.6 is 0 Å². The lowest BCUT2D eigenvalue weighted by Gasteiger charge is -2.10. The quantitative estimate of drug-likeness (QED) is 0.348. The smallest absolute Gasteiger partial charge is 0.191 e. The molecule has 0 atom stereocenters. The average molecular weight is 283 g/mol. The zero-order chi connectivity index (χ0) is 14.8. The van der Waals surface area contributed by atoms with E-state index in [9.17, 15) is 8.78 Å². The van der Waals surface area contributed by atoms with Crippen molar-refractivity contribution in [3.8, 4) is 5.75 Å². The Labute approximate surface area is 117 Å². The molecule has 0 fully saturated rings. The standard InChI is InChI=1S/C14H19F2N3O/c1-3-7-18-14(17-4-2)19-8-9-20-11-5-6-12(15)13(16)10-11/h3,5-6,10H,1,4,7-9H2,2H3,(H2,17,18,19). The molecule has 0 heterocycles. The van der Waals surface area contributed by atoms with Crippen LogP contribution in [0.25, 0.3) is 0 Å². The molecule has 0 aliphatic rings. The van der Waals surface area contributed by atoms with Crippen molar-refractivity contribution in [2.45, 2.75) is 6.92 Å². The lowest BCUT2D eigenvalue weighted by molar-refractivity contribution is 0.325.